The average Bonchev–Trinajstić information content (AvgIpc) is 3.34. The van der Waals surface area contributed by atoms with Crippen molar-refractivity contribution < 1.29 is 14.4 Å². The smallest absolute Gasteiger partial charge is 0.261 e. The Bertz CT molecular complexity index is 1150. The van der Waals surface area contributed by atoms with Crippen LogP contribution in [0.25, 0.3) is 11.3 Å². The van der Waals surface area contributed by atoms with Gasteiger partial charge in [0.2, 0.25) is 5.91 Å². The molecule has 0 atom stereocenters. The Morgan fingerprint density at radius 2 is 1.69 bits per heavy atom. The number of amides is 3. The molecule has 1 aliphatic rings. The van der Waals surface area contributed by atoms with Crippen molar-refractivity contribution in [2.45, 2.75) is 39.5 Å². The maximum atomic E-state index is 12.4. The fraction of sp³-hybridized carbons (Fsp3) is 0.280. The lowest BCUT2D eigenvalue weighted by atomic mass is 10.1. The van der Waals surface area contributed by atoms with Crippen LogP contribution in [0.2, 0.25) is 0 Å². The summed E-state index contributed by atoms with van der Waals surface area (Å²) in [4.78, 5) is 42.8. The Labute approximate surface area is 191 Å². The first-order valence-corrected chi connectivity index (χ1v) is 11.6. The summed E-state index contributed by atoms with van der Waals surface area (Å²) in [7, 11) is 0. The molecule has 1 aliphatic heterocycles. The number of nitrogens with zero attached hydrogens (tertiary/aromatic N) is 2. The molecule has 0 saturated heterocycles. The molecule has 0 aliphatic carbocycles. The van der Waals surface area contributed by atoms with Gasteiger partial charge in [-0.2, -0.15) is 0 Å². The van der Waals surface area contributed by atoms with Crippen molar-refractivity contribution in [2.75, 3.05) is 11.9 Å². The van der Waals surface area contributed by atoms with Crippen molar-refractivity contribution in [3.63, 3.8) is 0 Å². The number of nitrogens with one attached hydrogen (secondary N) is 1. The number of fused-ring (bicyclic) bond motifs is 1. The minimum Gasteiger partial charge on any atom is -0.302 e. The highest BCUT2D eigenvalue weighted by atomic mass is 32.1. The summed E-state index contributed by atoms with van der Waals surface area (Å²) < 4.78 is 0. The molecule has 2 heterocycles. The van der Waals surface area contributed by atoms with E-state index < -0.39 is 0 Å². The quantitative estimate of drug-likeness (QED) is 0.379. The van der Waals surface area contributed by atoms with Gasteiger partial charge in [-0.05, 0) is 56.0 Å². The number of thiazole rings is 1. The molecule has 1 N–H and O–H groups in total. The topological polar surface area (TPSA) is 79.4 Å². The Morgan fingerprint density at radius 3 is 2.38 bits per heavy atom. The average molecular weight is 448 g/mol. The number of hydrogen-bond acceptors (Lipinski definition) is 5. The molecule has 164 valence electrons. The third-order valence-electron chi connectivity index (χ3n) is 5.72. The van der Waals surface area contributed by atoms with E-state index in [2.05, 4.69) is 36.3 Å². The van der Waals surface area contributed by atoms with Crippen molar-refractivity contribution in [3.8, 4) is 11.3 Å². The summed E-state index contributed by atoms with van der Waals surface area (Å²) in [5.41, 5.74) is 5.29. The maximum absolute atomic E-state index is 12.4. The van der Waals surface area contributed by atoms with Gasteiger partial charge < -0.3 is 5.32 Å². The fourth-order valence-corrected chi connectivity index (χ4v) is 4.46. The molecule has 4 rings (SSSR count). The maximum Gasteiger partial charge on any atom is 0.261 e. The molecule has 0 radical (unpaired) electrons. The summed E-state index contributed by atoms with van der Waals surface area (Å²) in [6.07, 6.45) is 2.49. The van der Waals surface area contributed by atoms with Gasteiger partial charge in [-0.15, -0.1) is 11.3 Å². The van der Waals surface area contributed by atoms with Gasteiger partial charge in [0, 0.05) is 23.9 Å². The molecule has 7 heteroatoms. The Hall–Kier alpha value is -3.32. The summed E-state index contributed by atoms with van der Waals surface area (Å²) in [5.74, 6) is -0.537. The van der Waals surface area contributed by atoms with Gasteiger partial charge in [0.15, 0.2) is 5.13 Å². The molecule has 3 aromatic rings. The molecule has 6 nitrogen and oxygen atoms in total. The van der Waals surface area contributed by atoms with E-state index in [1.165, 1.54) is 27.4 Å². The van der Waals surface area contributed by atoms with Crippen molar-refractivity contribution in [1.29, 1.82) is 0 Å². The highest BCUT2D eigenvalue weighted by molar-refractivity contribution is 7.14. The molecular formula is C25H25N3O3S. The standard InChI is InChI=1S/C25H25N3O3S/c1-16-11-12-18(14-17(16)2)21-15-32-25(26-21)27-22(29)10-4-3-7-13-28-23(30)19-8-5-6-9-20(19)24(28)31/h5-6,8-9,11-12,14-15H,3-4,7,10,13H2,1-2H3,(H,26,27,29). The second-order valence-electron chi connectivity index (χ2n) is 8.00. The van der Waals surface area contributed by atoms with E-state index in [0.29, 0.717) is 42.1 Å². The number of hydrogen-bond donors (Lipinski definition) is 1. The molecule has 0 bridgehead atoms. The second kappa shape index (κ2) is 9.44. The van der Waals surface area contributed by atoms with Crippen LogP contribution in [0.15, 0.2) is 47.8 Å². The van der Waals surface area contributed by atoms with Crippen LogP contribution in [0.4, 0.5) is 5.13 Å². The molecule has 0 unspecified atom stereocenters. The highest BCUT2D eigenvalue weighted by Crippen LogP contribution is 2.27. The lowest BCUT2D eigenvalue weighted by molar-refractivity contribution is -0.116. The predicted molar refractivity (Wildman–Crippen MR) is 126 cm³/mol. The van der Waals surface area contributed by atoms with Crippen molar-refractivity contribution in [1.82, 2.24) is 9.88 Å². The first kappa shape index (κ1) is 21.9. The molecule has 0 spiro atoms. The Kier molecular flexibility index (Phi) is 6.46. The summed E-state index contributed by atoms with van der Waals surface area (Å²) in [6, 6.07) is 13.1. The number of carbonyl (C=O) groups excluding carboxylic acids is 3. The van der Waals surface area contributed by atoms with Crippen molar-refractivity contribution in [3.05, 3.63) is 70.1 Å². The van der Waals surface area contributed by atoms with Crippen LogP contribution in [0.3, 0.4) is 0 Å². The first-order chi connectivity index (χ1) is 15.4. The van der Waals surface area contributed by atoms with Gasteiger partial charge in [-0.25, -0.2) is 4.98 Å². The van der Waals surface area contributed by atoms with Gasteiger partial charge >= 0.3 is 0 Å². The van der Waals surface area contributed by atoms with Crippen LogP contribution in [0.5, 0.6) is 0 Å². The second-order valence-corrected chi connectivity index (χ2v) is 8.86. The van der Waals surface area contributed by atoms with Gasteiger partial charge in [0.25, 0.3) is 11.8 Å². The summed E-state index contributed by atoms with van der Waals surface area (Å²) in [5, 5.41) is 5.40. The first-order valence-electron chi connectivity index (χ1n) is 10.7. The number of unbranched alkanes of at least 4 members (excludes halogenated alkanes) is 2. The third kappa shape index (κ3) is 4.62. The number of imide groups is 1. The molecule has 0 fully saturated rings. The monoisotopic (exact) mass is 447 g/mol. The lowest BCUT2D eigenvalue weighted by Crippen LogP contribution is -2.30. The van der Waals surface area contributed by atoms with E-state index >= 15 is 0 Å². The van der Waals surface area contributed by atoms with E-state index in [0.717, 1.165) is 17.7 Å². The minimum atomic E-state index is -0.230. The van der Waals surface area contributed by atoms with Crippen LogP contribution in [0.1, 0.15) is 57.5 Å². The zero-order valence-electron chi connectivity index (χ0n) is 18.2. The molecule has 1 aromatic heterocycles. The fourth-order valence-electron chi connectivity index (χ4n) is 3.72. The van der Waals surface area contributed by atoms with E-state index in [-0.39, 0.29) is 17.7 Å². The number of aryl methyl sites for hydroxylation is 2. The zero-order valence-corrected chi connectivity index (χ0v) is 19.0. The predicted octanol–water partition coefficient (Wildman–Crippen LogP) is 5.22. The van der Waals surface area contributed by atoms with E-state index in [1.807, 2.05) is 11.4 Å². The molecule has 32 heavy (non-hydrogen) atoms. The van der Waals surface area contributed by atoms with E-state index in [1.54, 1.807) is 24.3 Å². The highest BCUT2D eigenvalue weighted by Gasteiger charge is 2.34. The van der Waals surface area contributed by atoms with E-state index in [9.17, 15) is 14.4 Å². The van der Waals surface area contributed by atoms with Gasteiger partial charge in [0.1, 0.15) is 0 Å². The van der Waals surface area contributed by atoms with Crippen LogP contribution in [-0.4, -0.2) is 34.2 Å². The van der Waals surface area contributed by atoms with Crippen LogP contribution >= 0.6 is 11.3 Å². The van der Waals surface area contributed by atoms with Crippen molar-refractivity contribution in [2.24, 2.45) is 0 Å². The third-order valence-corrected chi connectivity index (χ3v) is 6.47. The summed E-state index contributed by atoms with van der Waals surface area (Å²) >= 11 is 1.41. The normalized spacial score (nSPS) is 12.9. The number of rotatable bonds is 8. The lowest BCUT2D eigenvalue weighted by Gasteiger charge is -2.13. The molecule has 3 amide bonds. The SMILES string of the molecule is Cc1ccc(-c2csc(NC(=O)CCCCCN3C(=O)c4ccccc4C3=O)n2)cc1C. The van der Waals surface area contributed by atoms with Gasteiger partial charge in [-0.1, -0.05) is 30.7 Å². The van der Waals surface area contributed by atoms with Crippen LogP contribution < -0.4 is 5.32 Å². The van der Waals surface area contributed by atoms with Gasteiger partial charge in [0.05, 0.1) is 16.8 Å². The Balaban J connectivity index is 1.20. The van der Waals surface area contributed by atoms with Crippen LogP contribution in [-0.2, 0) is 4.79 Å². The Morgan fingerprint density at radius 1 is 0.969 bits per heavy atom. The van der Waals surface area contributed by atoms with Crippen molar-refractivity contribution >= 4 is 34.2 Å². The zero-order chi connectivity index (χ0) is 22.7. The van der Waals surface area contributed by atoms with E-state index in [4.69, 9.17) is 0 Å². The number of carbonyl (C=O) groups is 3. The number of benzene rings is 2. The number of aromatic nitrogens is 1. The van der Waals surface area contributed by atoms with Gasteiger partial charge in [-0.3, -0.25) is 19.3 Å². The number of anilines is 1. The molecule has 2 aromatic carbocycles. The molecular weight excluding hydrogens is 422 g/mol. The minimum absolute atomic E-state index is 0.0771. The summed E-state index contributed by atoms with van der Waals surface area (Å²) in [6.45, 7) is 4.52. The largest absolute Gasteiger partial charge is 0.302 e. The van der Waals surface area contributed by atoms with Crippen LogP contribution in [0, 0.1) is 13.8 Å². The molecule has 0 saturated carbocycles.